The van der Waals surface area contributed by atoms with Gasteiger partial charge in [-0.2, -0.15) is 0 Å². The van der Waals surface area contributed by atoms with Crippen molar-refractivity contribution in [1.29, 1.82) is 0 Å². The van der Waals surface area contributed by atoms with E-state index < -0.39 is 0 Å². The molecule has 1 aliphatic carbocycles. The van der Waals surface area contributed by atoms with E-state index in [1.165, 1.54) is 6.42 Å². The molecule has 0 aliphatic heterocycles. The summed E-state index contributed by atoms with van der Waals surface area (Å²) in [5.74, 6) is 1.30. The van der Waals surface area contributed by atoms with Crippen LogP contribution in [0.4, 0.5) is 0 Å². The van der Waals surface area contributed by atoms with Crippen LogP contribution in [0.1, 0.15) is 46.5 Å². The molecule has 4 atom stereocenters. The van der Waals surface area contributed by atoms with Crippen molar-refractivity contribution in [3.8, 4) is 0 Å². The summed E-state index contributed by atoms with van der Waals surface area (Å²) in [6.07, 6.45) is 4.07. The van der Waals surface area contributed by atoms with Crippen molar-refractivity contribution in [1.82, 2.24) is 0 Å². The summed E-state index contributed by atoms with van der Waals surface area (Å²) in [6.45, 7) is 6.96. The molecule has 0 aromatic carbocycles. The Morgan fingerprint density at radius 1 is 1.38 bits per heavy atom. The number of hydrogen-bond acceptors (Lipinski definition) is 3. The predicted octanol–water partition coefficient (Wildman–Crippen LogP) is 2.34. The molecule has 2 N–H and O–H groups in total. The number of hydrogen-bond donors (Lipinski definition) is 1. The summed E-state index contributed by atoms with van der Waals surface area (Å²) in [6, 6.07) is 0. The van der Waals surface area contributed by atoms with E-state index in [0.29, 0.717) is 12.5 Å². The molecule has 94 valence electrons. The van der Waals surface area contributed by atoms with Gasteiger partial charge in [0.1, 0.15) is 6.10 Å². The zero-order chi connectivity index (χ0) is 12.1. The molecule has 0 heterocycles. The summed E-state index contributed by atoms with van der Waals surface area (Å²) in [5, 5.41) is 0. The summed E-state index contributed by atoms with van der Waals surface area (Å²) in [7, 11) is 0. The van der Waals surface area contributed by atoms with Gasteiger partial charge in [0.05, 0.1) is 5.92 Å². The second-order valence-corrected chi connectivity index (χ2v) is 5.30. The molecule has 0 spiro atoms. The van der Waals surface area contributed by atoms with Crippen LogP contribution < -0.4 is 5.73 Å². The van der Waals surface area contributed by atoms with E-state index in [1.54, 1.807) is 0 Å². The van der Waals surface area contributed by atoms with Gasteiger partial charge >= 0.3 is 5.97 Å². The molecule has 4 unspecified atom stereocenters. The quantitative estimate of drug-likeness (QED) is 0.750. The highest BCUT2D eigenvalue weighted by Gasteiger charge is 2.28. The Morgan fingerprint density at radius 2 is 2.06 bits per heavy atom. The van der Waals surface area contributed by atoms with Crippen LogP contribution in [0.2, 0.25) is 0 Å². The van der Waals surface area contributed by atoms with Gasteiger partial charge in [0.2, 0.25) is 0 Å². The minimum Gasteiger partial charge on any atom is -0.462 e. The Hall–Kier alpha value is -0.570. The van der Waals surface area contributed by atoms with Crippen molar-refractivity contribution in [2.75, 3.05) is 6.54 Å². The summed E-state index contributed by atoms with van der Waals surface area (Å²) in [4.78, 5) is 11.7. The Morgan fingerprint density at radius 3 is 2.62 bits per heavy atom. The Bertz CT molecular complexity index is 230. The van der Waals surface area contributed by atoms with E-state index in [1.807, 2.05) is 6.92 Å². The summed E-state index contributed by atoms with van der Waals surface area (Å²) < 4.78 is 5.53. The number of rotatable bonds is 4. The van der Waals surface area contributed by atoms with Gasteiger partial charge in [-0.25, -0.2) is 0 Å². The van der Waals surface area contributed by atoms with Crippen LogP contribution in [0.5, 0.6) is 0 Å². The highest BCUT2D eigenvalue weighted by Crippen LogP contribution is 2.31. The van der Waals surface area contributed by atoms with Gasteiger partial charge in [0.15, 0.2) is 0 Å². The lowest BCUT2D eigenvalue weighted by Gasteiger charge is -2.32. The second kappa shape index (κ2) is 6.24. The number of ether oxygens (including phenoxy) is 1. The molecule has 0 radical (unpaired) electrons. The van der Waals surface area contributed by atoms with E-state index in [9.17, 15) is 4.79 Å². The first-order valence-corrected chi connectivity index (χ1v) is 6.45. The fraction of sp³-hybridized carbons (Fsp3) is 0.923. The van der Waals surface area contributed by atoms with Crippen molar-refractivity contribution in [3.63, 3.8) is 0 Å². The lowest BCUT2D eigenvalue weighted by molar-refractivity contribution is -0.156. The van der Waals surface area contributed by atoms with E-state index in [4.69, 9.17) is 10.5 Å². The molecule has 1 saturated carbocycles. The van der Waals surface area contributed by atoms with Gasteiger partial charge in [-0.15, -0.1) is 0 Å². The summed E-state index contributed by atoms with van der Waals surface area (Å²) in [5.41, 5.74) is 5.43. The summed E-state index contributed by atoms with van der Waals surface area (Å²) >= 11 is 0. The average molecular weight is 227 g/mol. The molecular formula is C13H25NO2. The molecule has 0 amide bonds. The molecule has 1 fully saturated rings. The number of carbonyl (C=O) groups is 1. The predicted molar refractivity (Wildman–Crippen MR) is 64.9 cm³/mol. The number of nitrogens with two attached hydrogens (primary N) is 1. The topological polar surface area (TPSA) is 52.3 Å². The van der Waals surface area contributed by atoms with Gasteiger partial charge in [0.25, 0.3) is 0 Å². The van der Waals surface area contributed by atoms with Gasteiger partial charge in [-0.3, -0.25) is 4.79 Å². The fourth-order valence-electron chi connectivity index (χ4n) is 2.25. The molecule has 0 aromatic rings. The van der Waals surface area contributed by atoms with Gasteiger partial charge in [-0.05, 0) is 44.1 Å². The van der Waals surface area contributed by atoms with Crippen molar-refractivity contribution in [3.05, 3.63) is 0 Å². The molecule has 3 heteroatoms. The SMILES string of the molecule is CC(CCN)C(=O)OC1CCC(C)C(C)C1. The fourth-order valence-corrected chi connectivity index (χ4v) is 2.25. The molecule has 3 nitrogen and oxygen atoms in total. The Labute approximate surface area is 98.7 Å². The standard InChI is InChI=1S/C13H25NO2/c1-9-4-5-12(8-11(9)3)16-13(15)10(2)6-7-14/h9-12H,4-8,14H2,1-3H3. The van der Waals surface area contributed by atoms with Crippen LogP contribution in [0.25, 0.3) is 0 Å². The third kappa shape index (κ3) is 3.78. The zero-order valence-corrected chi connectivity index (χ0v) is 10.7. The minimum absolute atomic E-state index is 0.0559. The van der Waals surface area contributed by atoms with Crippen molar-refractivity contribution >= 4 is 5.97 Å². The average Bonchev–Trinajstić information content (AvgIpc) is 2.24. The lowest BCUT2D eigenvalue weighted by Crippen LogP contribution is -2.31. The van der Waals surface area contributed by atoms with Crippen LogP contribution in [-0.4, -0.2) is 18.6 Å². The highest BCUT2D eigenvalue weighted by atomic mass is 16.5. The third-order valence-electron chi connectivity index (χ3n) is 3.83. The minimum atomic E-state index is -0.0720. The van der Waals surface area contributed by atoms with E-state index in [2.05, 4.69) is 13.8 Å². The molecule has 0 saturated heterocycles. The van der Waals surface area contributed by atoms with Crippen LogP contribution in [0.3, 0.4) is 0 Å². The maximum absolute atomic E-state index is 11.7. The van der Waals surface area contributed by atoms with Crippen LogP contribution in [0, 0.1) is 17.8 Å². The maximum atomic E-state index is 11.7. The van der Waals surface area contributed by atoms with Gasteiger partial charge in [0, 0.05) is 0 Å². The lowest BCUT2D eigenvalue weighted by atomic mass is 9.80. The third-order valence-corrected chi connectivity index (χ3v) is 3.83. The van der Waals surface area contributed by atoms with E-state index >= 15 is 0 Å². The first-order valence-electron chi connectivity index (χ1n) is 6.45. The van der Waals surface area contributed by atoms with Crippen molar-refractivity contribution < 1.29 is 9.53 Å². The molecule has 0 aromatic heterocycles. The normalized spacial score (nSPS) is 32.1. The smallest absolute Gasteiger partial charge is 0.308 e. The zero-order valence-electron chi connectivity index (χ0n) is 10.7. The maximum Gasteiger partial charge on any atom is 0.308 e. The first-order chi connectivity index (χ1) is 7.54. The number of carbonyl (C=O) groups excluding carboxylic acids is 1. The van der Waals surface area contributed by atoms with Gasteiger partial charge < -0.3 is 10.5 Å². The van der Waals surface area contributed by atoms with Crippen molar-refractivity contribution in [2.45, 2.75) is 52.6 Å². The van der Waals surface area contributed by atoms with E-state index in [0.717, 1.165) is 25.2 Å². The van der Waals surface area contributed by atoms with Gasteiger partial charge in [-0.1, -0.05) is 20.8 Å². The second-order valence-electron chi connectivity index (χ2n) is 5.30. The number of esters is 1. The first kappa shape index (κ1) is 13.5. The van der Waals surface area contributed by atoms with Crippen LogP contribution >= 0.6 is 0 Å². The van der Waals surface area contributed by atoms with Crippen molar-refractivity contribution in [2.24, 2.45) is 23.5 Å². The van der Waals surface area contributed by atoms with Crippen LogP contribution in [-0.2, 0) is 9.53 Å². The molecule has 1 rings (SSSR count). The van der Waals surface area contributed by atoms with E-state index in [-0.39, 0.29) is 18.0 Å². The molecular weight excluding hydrogens is 202 g/mol. The Balaban J connectivity index is 2.34. The van der Waals surface area contributed by atoms with Crippen LogP contribution in [0.15, 0.2) is 0 Å². The molecule has 16 heavy (non-hydrogen) atoms. The highest BCUT2D eigenvalue weighted by molar-refractivity contribution is 5.72. The largest absolute Gasteiger partial charge is 0.462 e. The molecule has 0 bridgehead atoms. The monoisotopic (exact) mass is 227 g/mol. The Kier molecular flexibility index (Phi) is 5.26. The molecule has 1 aliphatic rings.